The van der Waals surface area contributed by atoms with E-state index in [1.165, 1.54) is 16.1 Å². The summed E-state index contributed by atoms with van der Waals surface area (Å²) < 4.78 is 37.6. The molecule has 1 N–H and O–H groups in total. The summed E-state index contributed by atoms with van der Waals surface area (Å²) in [6, 6.07) is 22.3. The van der Waals surface area contributed by atoms with Gasteiger partial charge in [0.2, 0.25) is 10.0 Å². The fourth-order valence-corrected chi connectivity index (χ4v) is 5.21. The SMILES string of the molecule is CCOc1ccccc1N(Cc1ccc(C(=O)NCc2ccc(CN3CCOCC3)cc2)cc1)S(C)(=O)=O. The number of morpholine rings is 1. The van der Waals surface area contributed by atoms with Crippen molar-refractivity contribution < 1.29 is 22.7 Å². The molecule has 0 aromatic heterocycles. The first-order chi connectivity index (χ1) is 18.3. The second kappa shape index (κ2) is 12.9. The Hall–Kier alpha value is -3.40. The molecule has 0 bridgehead atoms. The normalized spacial score (nSPS) is 14.2. The van der Waals surface area contributed by atoms with E-state index < -0.39 is 10.0 Å². The molecule has 202 valence electrons. The lowest BCUT2D eigenvalue weighted by Gasteiger charge is -2.26. The third kappa shape index (κ3) is 7.56. The molecule has 0 radical (unpaired) electrons. The molecule has 3 aromatic carbocycles. The molecule has 1 fully saturated rings. The molecule has 1 aliphatic heterocycles. The number of para-hydroxylation sites is 2. The summed E-state index contributed by atoms with van der Waals surface area (Å²) in [7, 11) is -3.57. The summed E-state index contributed by atoms with van der Waals surface area (Å²) >= 11 is 0. The highest BCUT2D eigenvalue weighted by molar-refractivity contribution is 7.92. The van der Waals surface area contributed by atoms with Gasteiger partial charge in [-0.05, 0) is 47.9 Å². The van der Waals surface area contributed by atoms with E-state index in [-0.39, 0.29) is 12.5 Å². The van der Waals surface area contributed by atoms with Crippen LogP contribution >= 0.6 is 0 Å². The molecule has 1 aliphatic rings. The highest BCUT2D eigenvalue weighted by Crippen LogP contribution is 2.31. The smallest absolute Gasteiger partial charge is 0.251 e. The van der Waals surface area contributed by atoms with Crippen LogP contribution in [0.1, 0.15) is 34.0 Å². The van der Waals surface area contributed by atoms with E-state index in [1.807, 2.05) is 25.1 Å². The Morgan fingerprint density at radius 3 is 2.24 bits per heavy atom. The summed E-state index contributed by atoms with van der Waals surface area (Å²) in [6.45, 7) is 7.19. The van der Waals surface area contributed by atoms with Gasteiger partial charge >= 0.3 is 0 Å². The lowest BCUT2D eigenvalue weighted by atomic mass is 10.1. The van der Waals surface area contributed by atoms with E-state index in [4.69, 9.17) is 9.47 Å². The molecule has 0 atom stereocenters. The topological polar surface area (TPSA) is 88.2 Å². The number of anilines is 1. The van der Waals surface area contributed by atoms with E-state index in [1.54, 1.807) is 42.5 Å². The zero-order valence-electron chi connectivity index (χ0n) is 21.9. The number of nitrogens with one attached hydrogen (secondary N) is 1. The molecule has 1 amide bonds. The van der Waals surface area contributed by atoms with Crippen molar-refractivity contribution in [2.45, 2.75) is 26.6 Å². The van der Waals surface area contributed by atoms with Gasteiger partial charge in [0.1, 0.15) is 5.75 Å². The van der Waals surface area contributed by atoms with Gasteiger partial charge in [-0.3, -0.25) is 14.0 Å². The zero-order valence-corrected chi connectivity index (χ0v) is 22.7. The Labute approximate surface area is 225 Å². The fraction of sp³-hybridized carbons (Fsp3) is 0.345. The third-order valence-electron chi connectivity index (χ3n) is 6.36. The van der Waals surface area contributed by atoms with Crippen molar-refractivity contribution in [2.24, 2.45) is 0 Å². The van der Waals surface area contributed by atoms with Crippen LogP contribution in [0.4, 0.5) is 5.69 Å². The van der Waals surface area contributed by atoms with Crippen LogP contribution < -0.4 is 14.4 Å². The highest BCUT2D eigenvalue weighted by atomic mass is 32.2. The number of sulfonamides is 1. The monoisotopic (exact) mass is 537 g/mol. The van der Waals surface area contributed by atoms with Crippen molar-refractivity contribution in [3.05, 3.63) is 95.1 Å². The number of ether oxygens (including phenoxy) is 2. The van der Waals surface area contributed by atoms with E-state index in [0.717, 1.165) is 44.0 Å². The summed E-state index contributed by atoms with van der Waals surface area (Å²) in [5.41, 5.74) is 4.02. The number of hydrogen-bond acceptors (Lipinski definition) is 6. The molecule has 0 unspecified atom stereocenters. The minimum Gasteiger partial charge on any atom is -0.492 e. The Balaban J connectivity index is 1.35. The molecular weight excluding hydrogens is 502 g/mol. The van der Waals surface area contributed by atoms with Crippen LogP contribution in [0.3, 0.4) is 0 Å². The Morgan fingerprint density at radius 1 is 0.947 bits per heavy atom. The van der Waals surface area contributed by atoms with Gasteiger partial charge in [-0.25, -0.2) is 8.42 Å². The van der Waals surface area contributed by atoms with Crippen LogP contribution in [-0.2, 0) is 34.4 Å². The highest BCUT2D eigenvalue weighted by Gasteiger charge is 2.21. The molecule has 1 saturated heterocycles. The molecule has 3 aromatic rings. The first-order valence-electron chi connectivity index (χ1n) is 12.8. The van der Waals surface area contributed by atoms with Gasteiger partial charge in [-0.2, -0.15) is 0 Å². The first-order valence-corrected chi connectivity index (χ1v) is 14.6. The van der Waals surface area contributed by atoms with Gasteiger partial charge in [0.25, 0.3) is 5.91 Å². The summed E-state index contributed by atoms with van der Waals surface area (Å²) in [5.74, 6) is 0.321. The van der Waals surface area contributed by atoms with Gasteiger partial charge in [-0.1, -0.05) is 48.5 Å². The lowest BCUT2D eigenvalue weighted by Crippen LogP contribution is -2.35. The number of carbonyl (C=O) groups is 1. The molecule has 1 heterocycles. The number of hydrogen-bond donors (Lipinski definition) is 1. The molecular formula is C29H35N3O5S. The van der Waals surface area contributed by atoms with Crippen LogP contribution in [-0.4, -0.2) is 58.4 Å². The van der Waals surface area contributed by atoms with Gasteiger partial charge < -0.3 is 14.8 Å². The van der Waals surface area contributed by atoms with Gasteiger partial charge in [0.15, 0.2) is 0 Å². The fourth-order valence-electron chi connectivity index (χ4n) is 4.31. The van der Waals surface area contributed by atoms with E-state index in [9.17, 15) is 13.2 Å². The average molecular weight is 538 g/mol. The van der Waals surface area contributed by atoms with Crippen LogP contribution in [0.15, 0.2) is 72.8 Å². The van der Waals surface area contributed by atoms with Crippen LogP contribution in [0.5, 0.6) is 5.75 Å². The van der Waals surface area contributed by atoms with Crippen LogP contribution in [0.2, 0.25) is 0 Å². The van der Waals surface area contributed by atoms with Crippen molar-refractivity contribution in [1.82, 2.24) is 10.2 Å². The first kappa shape index (κ1) is 27.6. The van der Waals surface area contributed by atoms with Crippen molar-refractivity contribution in [1.29, 1.82) is 0 Å². The number of benzene rings is 3. The Morgan fingerprint density at radius 2 is 1.58 bits per heavy atom. The van der Waals surface area contributed by atoms with Crippen LogP contribution in [0.25, 0.3) is 0 Å². The van der Waals surface area contributed by atoms with Crippen molar-refractivity contribution in [2.75, 3.05) is 43.5 Å². The second-order valence-electron chi connectivity index (χ2n) is 9.25. The predicted octanol–water partition coefficient (Wildman–Crippen LogP) is 3.81. The Kier molecular flexibility index (Phi) is 9.38. The second-order valence-corrected chi connectivity index (χ2v) is 11.2. The predicted molar refractivity (Wildman–Crippen MR) is 149 cm³/mol. The maximum atomic E-state index is 12.7. The molecule has 8 nitrogen and oxygen atoms in total. The summed E-state index contributed by atoms with van der Waals surface area (Å²) in [4.78, 5) is 15.1. The standard InChI is InChI=1S/C29H35N3O5S/c1-3-37-28-7-5-4-6-27(28)32(38(2,34)35)22-25-12-14-26(15-13-25)29(33)30-20-23-8-10-24(11-9-23)21-31-16-18-36-19-17-31/h4-15H,3,16-22H2,1-2H3,(H,30,33). The minimum atomic E-state index is -3.57. The Bertz CT molecular complexity index is 1300. The van der Waals surface area contributed by atoms with E-state index in [0.29, 0.717) is 30.2 Å². The quantitative estimate of drug-likeness (QED) is 0.400. The van der Waals surface area contributed by atoms with Crippen molar-refractivity contribution in [3.63, 3.8) is 0 Å². The zero-order chi connectivity index (χ0) is 27.0. The number of amides is 1. The van der Waals surface area contributed by atoms with Crippen molar-refractivity contribution >= 4 is 21.6 Å². The number of nitrogens with zero attached hydrogens (tertiary/aromatic N) is 2. The lowest BCUT2D eigenvalue weighted by molar-refractivity contribution is 0.0342. The molecule has 0 spiro atoms. The molecule has 4 rings (SSSR count). The summed E-state index contributed by atoms with van der Waals surface area (Å²) in [5, 5.41) is 2.96. The molecule has 0 aliphatic carbocycles. The van der Waals surface area contributed by atoms with Gasteiger partial charge in [-0.15, -0.1) is 0 Å². The molecule has 38 heavy (non-hydrogen) atoms. The maximum Gasteiger partial charge on any atom is 0.251 e. The van der Waals surface area contributed by atoms with Crippen LogP contribution in [0, 0.1) is 0 Å². The maximum absolute atomic E-state index is 12.7. The number of carbonyl (C=O) groups excluding carboxylic acids is 1. The number of rotatable bonds is 11. The minimum absolute atomic E-state index is 0.127. The molecule has 9 heteroatoms. The summed E-state index contributed by atoms with van der Waals surface area (Å²) in [6.07, 6.45) is 1.17. The van der Waals surface area contributed by atoms with E-state index in [2.05, 4.69) is 22.3 Å². The average Bonchev–Trinajstić information content (AvgIpc) is 2.92. The van der Waals surface area contributed by atoms with E-state index >= 15 is 0 Å². The van der Waals surface area contributed by atoms with Crippen molar-refractivity contribution in [3.8, 4) is 5.75 Å². The molecule has 0 saturated carbocycles. The largest absolute Gasteiger partial charge is 0.492 e. The van der Waals surface area contributed by atoms with Gasteiger partial charge in [0, 0.05) is 31.7 Å². The van der Waals surface area contributed by atoms with Gasteiger partial charge in [0.05, 0.1) is 38.3 Å². The third-order valence-corrected chi connectivity index (χ3v) is 7.49.